The van der Waals surface area contributed by atoms with Crippen LogP contribution in [0.25, 0.3) is 0 Å². The molecule has 0 spiro atoms. The van der Waals surface area contributed by atoms with Gasteiger partial charge in [0.15, 0.2) is 0 Å². The molecule has 1 aliphatic heterocycles. The fourth-order valence-corrected chi connectivity index (χ4v) is 4.87. The molecule has 0 aliphatic carbocycles. The third kappa shape index (κ3) is 5.06. The van der Waals surface area contributed by atoms with Crippen molar-refractivity contribution in [3.63, 3.8) is 0 Å². The van der Waals surface area contributed by atoms with Gasteiger partial charge in [-0.2, -0.15) is 0 Å². The first kappa shape index (κ1) is 19.8. The number of methoxy groups -OCH3 is 1. The van der Waals surface area contributed by atoms with Crippen LogP contribution in [0, 0.1) is 0 Å². The maximum atomic E-state index is 11.6. The molecule has 1 aliphatic rings. The Labute approximate surface area is 168 Å². The molecule has 0 aromatic heterocycles. The first-order chi connectivity index (χ1) is 12.9. The predicted molar refractivity (Wildman–Crippen MR) is 113 cm³/mol. The number of carbonyl (C=O) groups excluding carboxylic acids is 1. The van der Waals surface area contributed by atoms with Gasteiger partial charge < -0.3 is 0 Å². The van der Waals surface area contributed by atoms with E-state index >= 15 is 0 Å². The van der Waals surface area contributed by atoms with Gasteiger partial charge in [0, 0.05) is 0 Å². The first-order valence-corrected chi connectivity index (χ1v) is 11.0. The summed E-state index contributed by atoms with van der Waals surface area (Å²) in [4.78, 5) is 15.7. The molecule has 4 nitrogen and oxygen atoms in total. The van der Waals surface area contributed by atoms with E-state index in [9.17, 15) is 4.79 Å². The number of carbonyl (C=O) groups is 1. The number of hydrogen-bond donors (Lipinski definition) is 0. The zero-order valence-corrected chi connectivity index (χ0v) is 18.3. The zero-order valence-electron chi connectivity index (χ0n) is 16.6. The van der Waals surface area contributed by atoms with E-state index in [0.717, 1.165) is 13.1 Å². The van der Waals surface area contributed by atoms with E-state index in [4.69, 9.17) is 4.74 Å². The van der Waals surface area contributed by atoms with Gasteiger partial charge in [-0.05, 0) is 0 Å². The minimum absolute atomic E-state index is 0.199. The molecular weight excluding hydrogens is 403 g/mol. The maximum absolute atomic E-state index is 11.6. The van der Waals surface area contributed by atoms with E-state index in [0.29, 0.717) is 28.0 Å². The van der Waals surface area contributed by atoms with Crippen molar-refractivity contribution in [1.29, 1.82) is 0 Å². The normalized spacial score (nSPS) is 15.0. The van der Waals surface area contributed by atoms with E-state index in [1.165, 1.54) is 27.3 Å². The van der Waals surface area contributed by atoms with E-state index in [1.807, 2.05) is 0 Å². The summed E-state index contributed by atoms with van der Waals surface area (Å²) in [5.41, 5.74) is 2.80. The number of hydrogen-bond acceptors (Lipinski definition) is 3. The summed E-state index contributed by atoms with van der Waals surface area (Å²) in [7, 11) is 1.44. The first-order valence-electron chi connectivity index (χ1n) is 9.33. The molecule has 0 N–H and O–H groups in total. The van der Waals surface area contributed by atoms with E-state index in [-0.39, 0.29) is 11.5 Å². The summed E-state index contributed by atoms with van der Waals surface area (Å²) >= 11 is 0.318. The monoisotopic (exact) mass is 432 g/mol. The van der Waals surface area contributed by atoms with Gasteiger partial charge in [0.05, 0.1) is 0 Å². The Balaban J connectivity index is 1.59. The average Bonchev–Trinajstić information content (AvgIpc) is 2.68. The van der Waals surface area contributed by atoms with Crippen LogP contribution in [0.1, 0.15) is 26.3 Å². The number of amides is 1. The summed E-state index contributed by atoms with van der Waals surface area (Å²) in [5.74, 6) is 0. The van der Waals surface area contributed by atoms with Crippen LogP contribution in [0.5, 0.6) is 0 Å². The second-order valence-corrected chi connectivity index (χ2v) is 10.2. The molecule has 2 aromatic carbocycles. The summed E-state index contributed by atoms with van der Waals surface area (Å²) in [6, 6.07) is 17.9. The van der Waals surface area contributed by atoms with Crippen molar-refractivity contribution in [2.75, 3.05) is 38.2 Å². The second-order valence-electron chi connectivity index (χ2n) is 7.81. The molecule has 2 aromatic rings. The summed E-state index contributed by atoms with van der Waals surface area (Å²) in [6.45, 7) is 9.84. The van der Waals surface area contributed by atoms with Gasteiger partial charge in [-0.25, -0.2) is 0 Å². The van der Waals surface area contributed by atoms with Gasteiger partial charge in [0.25, 0.3) is 0 Å². The van der Waals surface area contributed by atoms with E-state index in [1.54, 1.807) is 4.90 Å². The molecule has 0 atom stereocenters. The number of benzene rings is 2. The predicted octanol–water partition coefficient (Wildman–Crippen LogP) is 2.53. The minimum atomic E-state index is -0.231. The fraction of sp³-hybridized carbons (Fsp3) is 0.409. The quantitative estimate of drug-likeness (QED) is 0.701. The molecule has 144 valence electrons. The van der Waals surface area contributed by atoms with Crippen LogP contribution in [0.4, 0.5) is 10.5 Å². The van der Waals surface area contributed by atoms with Crippen molar-refractivity contribution in [3.05, 3.63) is 54.1 Å². The molecule has 3 rings (SSSR count). The number of anilines is 1. The Hall–Kier alpha value is -1.97. The van der Waals surface area contributed by atoms with E-state index in [2.05, 4.69) is 74.2 Å². The third-order valence-electron chi connectivity index (χ3n) is 4.87. The Morgan fingerprint density at radius 2 is 1.41 bits per heavy atom. The van der Waals surface area contributed by atoms with Crippen molar-refractivity contribution >= 4 is 35.7 Å². The molecule has 1 fully saturated rings. The summed E-state index contributed by atoms with van der Waals surface area (Å²) in [6.07, 6.45) is -0.231. The van der Waals surface area contributed by atoms with Crippen molar-refractivity contribution in [2.24, 2.45) is 0 Å². The topological polar surface area (TPSA) is 32.8 Å². The van der Waals surface area contributed by atoms with Crippen LogP contribution in [0.15, 0.2) is 48.5 Å². The molecular formula is C22H28N2O2Se. The van der Waals surface area contributed by atoms with Gasteiger partial charge in [-0.1, -0.05) is 0 Å². The van der Waals surface area contributed by atoms with Crippen LogP contribution >= 0.6 is 0 Å². The van der Waals surface area contributed by atoms with Crippen LogP contribution in [0.2, 0.25) is 0 Å². The molecule has 0 bridgehead atoms. The van der Waals surface area contributed by atoms with Gasteiger partial charge in [-0.3, -0.25) is 0 Å². The van der Waals surface area contributed by atoms with Crippen molar-refractivity contribution in [2.45, 2.75) is 26.2 Å². The van der Waals surface area contributed by atoms with Crippen LogP contribution in [-0.4, -0.2) is 59.2 Å². The van der Waals surface area contributed by atoms with Crippen LogP contribution in [0.3, 0.4) is 0 Å². The van der Waals surface area contributed by atoms with Gasteiger partial charge >= 0.3 is 169 Å². The standard InChI is InChI=1S/C22H28N2O2Se/c1-22(2,3)17-5-9-19(10-6-17)27-20-11-7-18(8-12-20)23-13-15-24(16-14-23)21(25)26-4/h5-12H,13-16H2,1-4H3. The van der Waals surface area contributed by atoms with Gasteiger partial charge in [-0.15, -0.1) is 0 Å². The fourth-order valence-electron chi connectivity index (χ4n) is 3.16. The number of rotatable bonds is 3. The molecule has 1 saturated heterocycles. The summed E-state index contributed by atoms with van der Waals surface area (Å²) < 4.78 is 7.58. The summed E-state index contributed by atoms with van der Waals surface area (Å²) in [5, 5.41) is 0. The number of ether oxygens (including phenoxy) is 1. The zero-order chi connectivity index (χ0) is 19.4. The molecule has 0 unspecified atom stereocenters. The Bertz CT molecular complexity index is 758. The second kappa shape index (κ2) is 8.37. The SMILES string of the molecule is COC(=O)N1CCN(c2ccc([Se]c3ccc(C(C)(C)C)cc3)cc2)CC1. The molecule has 0 radical (unpaired) electrons. The average molecular weight is 431 g/mol. The molecule has 1 heterocycles. The van der Waals surface area contributed by atoms with Crippen LogP contribution < -0.4 is 13.8 Å². The molecule has 27 heavy (non-hydrogen) atoms. The third-order valence-corrected chi connectivity index (χ3v) is 7.00. The molecule has 5 heteroatoms. The Kier molecular flexibility index (Phi) is 6.13. The van der Waals surface area contributed by atoms with Gasteiger partial charge in [0.1, 0.15) is 0 Å². The molecule has 1 amide bonds. The van der Waals surface area contributed by atoms with Crippen molar-refractivity contribution in [3.8, 4) is 0 Å². The van der Waals surface area contributed by atoms with Crippen molar-refractivity contribution in [1.82, 2.24) is 4.90 Å². The number of nitrogens with zero attached hydrogens (tertiary/aromatic N) is 2. The molecule has 0 saturated carbocycles. The van der Waals surface area contributed by atoms with Crippen LogP contribution in [-0.2, 0) is 10.2 Å². The Morgan fingerprint density at radius 3 is 1.89 bits per heavy atom. The van der Waals surface area contributed by atoms with E-state index < -0.39 is 0 Å². The van der Waals surface area contributed by atoms with Crippen molar-refractivity contribution < 1.29 is 9.53 Å². The van der Waals surface area contributed by atoms with Gasteiger partial charge in [0.2, 0.25) is 0 Å². The Morgan fingerprint density at radius 1 is 0.889 bits per heavy atom. The number of piperazine rings is 1.